The van der Waals surface area contributed by atoms with E-state index in [1.807, 2.05) is 0 Å². The van der Waals surface area contributed by atoms with Crippen molar-refractivity contribution < 1.29 is 24.2 Å². The number of amides is 1. The number of carbonyl (C=O) groups excluding carboxylic acids is 2. The average molecular weight is 271 g/mol. The van der Waals surface area contributed by atoms with Gasteiger partial charge in [0.15, 0.2) is 0 Å². The summed E-state index contributed by atoms with van der Waals surface area (Å²) < 4.78 is 4.64. The van der Waals surface area contributed by atoms with Crippen molar-refractivity contribution >= 4 is 17.8 Å². The van der Waals surface area contributed by atoms with Crippen molar-refractivity contribution in [2.45, 2.75) is 39.2 Å². The standard InChI is InChI=1S/C13H21NO5/c1-7(2)10(13(18)19-3)14-11(15)8-5-4-6-9(8)12(16)17/h7-10H,4-6H2,1-3H3,(H,14,15)(H,16,17)/t8-,9+,10?/m1/s1. The highest BCUT2D eigenvalue weighted by Crippen LogP contribution is 2.32. The molecule has 0 heterocycles. The predicted molar refractivity (Wildman–Crippen MR) is 67.3 cm³/mol. The average Bonchev–Trinajstić information content (AvgIpc) is 2.83. The molecular formula is C13H21NO5. The summed E-state index contributed by atoms with van der Waals surface area (Å²) in [5.41, 5.74) is 0. The minimum Gasteiger partial charge on any atom is -0.481 e. The molecule has 1 amide bonds. The van der Waals surface area contributed by atoms with E-state index in [0.717, 1.165) is 6.42 Å². The van der Waals surface area contributed by atoms with E-state index in [9.17, 15) is 14.4 Å². The number of esters is 1. The maximum Gasteiger partial charge on any atom is 0.328 e. The molecule has 1 unspecified atom stereocenters. The molecule has 6 nitrogen and oxygen atoms in total. The first kappa shape index (κ1) is 15.5. The summed E-state index contributed by atoms with van der Waals surface area (Å²) in [6.45, 7) is 3.59. The number of hydrogen-bond acceptors (Lipinski definition) is 4. The number of carbonyl (C=O) groups is 3. The number of rotatable bonds is 5. The first-order valence-corrected chi connectivity index (χ1v) is 6.49. The molecule has 0 bridgehead atoms. The van der Waals surface area contributed by atoms with Crippen molar-refractivity contribution in [3.05, 3.63) is 0 Å². The largest absolute Gasteiger partial charge is 0.481 e. The first-order valence-electron chi connectivity index (χ1n) is 6.49. The molecule has 1 fully saturated rings. The van der Waals surface area contributed by atoms with Crippen LogP contribution in [0.25, 0.3) is 0 Å². The molecule has 0 aromatic rings. The number of hydrogen-bond donors (Lipinski definition) is 2. The molecule has 19 heavy (non-hydrogen) atoms. The van der Waals surface area contributed by atoms with Gasteiger partial charge in [0.05, 0.1) is 18.9 Å². The summed E-state index contributed by atoms with van der Waals surface area (Å²) in [4.78, 5) is 34.7. The Morgan fingerprint density at radius 3 is 2.26 bits per heavy atom. The molecule has 108 valence electrons. The Kier molecular flexibility index (Phi) is 5.32. The van der Waals surface area contributed by atoms with Crippen LogP contribution in [-0.4, -0.2) is 36.1 Å². The molecule has 0 aromatic heterocycles. The van der Waals surface area contributed by atoms with E-state index in [0.29, 0.717) is 12.8 Å². The summed E-state index contributed by atoms with van der Waals surface area (Å²) in [6, 6.07) is -0.729. The maximum atomic E-state index is 12.1. The van der Waals surface area contributed by atoms with Crippen LogP contribution in [0.2, 0.25) is 0 Å². The van der Waals surface area contributed by atoms with Crippen molar-refractivity contribution in [3.63, 3.8) is 0 Å². The monoisotopic (exact) mass is 271 g/mol. The van der Waals surface area contributed by atoms with E-state index in [-0.39, 0.29) is 11.8 Å². The fourth-order valence-electron chi connectivity index (χ4n) is 2.45. The van der Waals surface area contributed by atoms with E-state index in [1.165, 1.54) is 7.11 Å². The van der Waals surface area contributed by atoms with Crippen LogP contribution in [0.3, 0.4) is 0 Å². The molecule has 0 aromatic carbocycles. The summed E-state index contributed by atoms with van der Waals surface area (Å²) in [7, 11) is 1.26. The van der Waals surface area contributed by atoms with Crippen molar-refractivity contribution in [1.29, 1.82) is 0 Å². The smallest absolute Gasteiger partial charge is 0.328 e. The SMILES string of the molecule is COC(=O)C(NC(=O)[C@@H]1CCC[C@@H]1C(=O)O)C(C)C. The molecule has 0 radical (unpaired) electrons. The van der Waals surface area contributed by atoms with Gasteiger partial charge in [0, 0.05) is 0 Å². The van der Waals surface area contributed by atoms with Crippen molar-refractivity contribution in [2.75, 3.05) is 7.11 Å². The zero-order chi connectivity index (χ0) is 14.6. The fourth-order valence-corrected chi connectivity index (χ4v) is 2.45. The van der Waals surface area contributed by atoms with Crippen LogP contribution in [0.4, 0.5) is 0 Å². The Hall–Kier alpha value is -1.59. The Morgan fingerprint density at radius 1 is 1.21 bits per heavy atom. The molecule has 1 aliphatic carbocycles. The van der Waals surface area contributed by atoms with Crippen LogP contribution in [0, 0.1) is 17.8 Å². The van der Waals surface area contributed by atoms with E-state index in [1.54, 1.807) is 13.8 Å². The van der Waals surface area contributed by atoms with Crippen molar-refractivity contribution in [1.82, 2.24) is 5.32 Å². The Labute approximate surface area is 112 Å². The second kappa shape index (κ2) is 6.54. The third-order valence-electron chi connectivity index (χ3n) is 3.59. The predicted octanol–water partition coefficient (Wildman–Crippen LogP) is 0.801. The maximum absolute atomic E-state index is 12.1. The first-order chi connectivity index (χ1) is 8.88. The minimum absolute atomic E-state index is 0.110. The van der Waals surface area contributed by atoms with Crippen LogP contribution < -0.4 is 5.32 Å². The van der Waals surface area contributed by atoms with Crippen molar-refractivity contribution in [2.24, 2.45) is 17.8 Å². The van der Waals surface area contributed by atoms with Gasteiger partial charge >= 0.3 is 11.9 Å². The summed E-state index contributed by atoms with van der Waals surface area (Å²) in [6.07, 6.45) is 1.78. The van der Waals surface area contributed by atoms with Crippen LogP contribution in [-0.2, 0) is 19.1 Å². The van der Waals surface area contributed by atoms with Gasteiger partial charge in [-0.15, -0.1) is 0 Å². The van der Waals surface area contributed by atoms with Crippen LogP contribution in [0.5, 0.6) is 0 Å². The topological polar surface area (TPSA) is 92.7 Å². The summed E-state index contributed by atoms with van der Waals surface area (Å²) in [5, 5.41) is 11.7. The van der Waals surface area contributed by atoms with Gasteiger partial charge in [0.2, 0.25) is 5.91 Å². The van der Waals surface area contributed by atoms with E-state index in [4.69, 9.17) is 5.11 Å². The van der Waals surface area contributed by atoms with Gasteiger partial charge < -0.3 is 15.2 Å². The Bertz CT molecular complexity index is 366. The second-order valence-electron chi connectivity index (χ2n) is 5.24. The normalized spacial score (nSPS) is 24.0. The van der Waals surface area contributed by atoms with E-state index >= 15 is 0 Å². The Morgan fingerprint density at radius 2 is 1.79 bits per heavy atom. The molecule has 0 spiro atoms. The Balaban J connectivity index is 2.71. The number of methoxy groups -OCH3 is 1. The zero-order valence-corrected chi connectivity index (χ0v) is 11.5. The quantitative estimate of drug-likeness (QED) is 0.721. The van der Waals surface area contributed by atoms with Gasteiger partial charge in [-0.05, 0) is 18.8 Å². The van der Waals surface area contributed by atoms with Gasteiger partial charge in [-0.1, -0.05) is 20.3 Å². The number of carboxylic acids is 1. The highest BCUT2D eigenvalue weighted by atomic mass is 16.5. The van der Waals surface area contributed by atoms with Crippen molar-refractivity contribution in [3.8, 4) is 0 Å². The lowest BCUT2D eigenvalue weighted by Crippen LogP contribution is -2.48. The third kappa shape index (κ3) is 3.68. The second-order valence-corrected chi connectivity index (χ2v) is 5.24. The molecule has 1 rings (SSSR count). The molecule has 0 aliphatic heterocycles. The lowest BCUT2D eigenvalue weighted by Gasteiger charge is -2.23. The minimum atomic E-state index is -0.947. The third-order valence-corrected chi connectivity index (χ3v) is 3.59. The molecule has 1 aliphatic rings. The molecule has 1 saturated carbocycles. The van der Waals surface area contributed by atoms with Crippen LogP contribution in [0.15, 0.2) is 0 Å². The van der Waals surface area contributed by atoms with Gasteiger partial charge in [0.1, 0.15) is 6.04 Å². The highest BCUT2D eigenvalue weighted by Gasteiger charge is 2.39. The number of ether oxygens (including phenoxy) is 1. The fraction of sp³-hybridized carbons (Fsp3) is 0.769. The van der Waals surface area contributed by atoms with Gasteiger partial charge in [0.25, 0.3) is 0 Å². The van der Waals surface area contributed by atoms with Crippen LogP contribution >= 0.6 is 0 Å². The summed E-state index contributed by atoms with van der Waals surface area (Å²) in [5.74, 6) is -3.13. The summed E-state index contributed by atoms with van der Waals surface area (Å²) >= 11 is 0. The highest BCUT2D eigenvalue weighted by molar-refractivity contribution is 5.89. The van der Waals surface area contributed by atoms with Crippen LogP contribution in [0.1, 0.15) is 33.1 Å². The lowest BCUT2D eigenvalue weighted by molar-refractivity contribution is -0.149. The van der Waals surface area contributed by atoms with E-state index < -0.39 is 29.8 Å². The van der Waals surface area contributed by atoms with E-state index in [2.05, 4.69) is 10.1 Å². The molecule has 2 N–H and O–H groups in total. The lowest BCUT2D eigenvalue weighted by atomic mass is 9.94. The van der Waals surface area contributed by atoms with Gasteiger partial charge in [-0.3, -0.25) is 9.59 Å². The number of nitrogens with one attached hydrogen (secondary N) is 1. The molecular weight excluding hydrogens is 250 g/mol. The number of aliphatic carboxylic acids is 1. The zero-order valence-electron chi connectivity index (χ0n) is 11.5. The molecule has 0 saturated heterocycles. The molecule has 6 heteroatoms. The van der Waals surface area contributed by atoms with Gasteiger partial charge in [-0.2, -0.15) is 0 Å². The number of carboxylic acid groups (broad SMARTS) is 1. The van der Waals surface area contributed by atoms with Gasteiger partial charge in [-0.25, -0.2) is 4.79 Å². The molecule has 3 atom stereocenters.